The standard InChI is InChI=1S/C6H6F3NO3S/c7-6(8,9)14(11,12)10-4-5-2-1-3-13-5/h1-3,10H,4H2. The Labute approximate surface area is 77.8 Å². The smallest absolute Gasteiger partial charge is 0.468 e. The van der Waals surface area contributed by atoms with Crippen molar-refractivity contribution in [1.82, 2.24) is 4.72 Å². The van der Waals surface area contributed by atoms with E-state index in [1.165, 1.54) is 23.1 Å². The van der Waals surface area contributed by atoms with Crippen molar-refractivity contribution >= 4 is 10.0 Å². The number of furan rings is 1. The maximum atomic E-state index is 11.8. The predicted molar refractivity (Wildman–Crippen MR) is 40.5 cm³/mol. The summed E-state index contributed by atoms with van der Waals surface area (Å²) in [6.07, 6.45) is 1.23. The molecule has 0 saturated heterocycles. The van der Waals surface area contributed by atoms with Crippen molar-refractivity contribution in [1.29, 1.82) is 0 Å². The second-order valence-corrected chi connectivity index (χ2v) is 4.11. The van der Waals surface area contributed by atoms with Gasteiger partial charge < -0.3 is 4.42 Å². The summed E-state index contributed by atoms with van der Waals surface area (Å²) in [5.41, 5.74) is -5.29. The van der Waals surface area contributed by atoms with Crippen LogP contribution in [0.4, 0.5) is 13.2 Å². The third-order valence-electron chi connectivity index (χ3n) is 1.32. The third-order valence-corrected chi connectivity index (χ3v) is 2.46. The van der Waals surface area contributed by atoms with Gasteiger partial charge in [-0.3, -0.25) is 0 Å². The van der Waals surface area contributed by atoms with E-state index in [4.69, 9.17) is 0 Å². The molecular weight excluding hydrogens is 223 g/mol. The number of sulfonamides is 1. The molecule has 4 nitrogen and oxygen atoms in total. The lowest BCUT2D eigenvalue weighted by atomic mass is 10.5. The van der Waals surface area contributed by atoms with Crippen LogP contribution in [0.15, 0.2) is 22.8 Å². The zero-order valence-corrected chi connectivity index (χ0v) is 7.52. The van der Waals surface area contributed by atoms with E-state index in [0.29, 0.717) is 0 Å². The van der Waals surface area contributed by atoms with E-state index in [2.05, 4.69) is 4.42 Å². The van der Waals surface area contributed by atoms with Crippen LogP contribution in [-0.4, -0.2) is 13.9 Å². The maximum absolute atomic E-state index is 11.8. The van der Waals surface area contributed by atoms with Gasteiger partial charge in [-0.15, -0.1) is 0 Å². The van der Waals surface area contributed by atoms with Gasteiger partial charge in [0.1, 0.15) is 5.76 Å². The summed E-state index contributed by atoms with van der Waals surface area (Å²) in [6, 6.07) is 2.80. The Bertz CT molecular complexity index is 381. The molecule has 1 aromatic heterocycles. The van der Waals surface area contributed by atoms with Crippen LogP contribution in [0.3, 0.4) is 0 Å². The van der Waals surface area contributed by atoms with Gasteiger partial charge in [-0.05, 0) is 12.1 Å². The Kier molecular flexibility index (Phi) is 2.86. The van der Waals surface area contributed by atoms with Crippen molar-refractivity contribution in [3.05, 3.63) is 24.2 Å². The van der Waals surface area contributed by atoms with Gasteiger partial charge in [-0.1, -0.05) is 0 Å². The third kappa shape index (κ3) is 2.48. The van der Waals surface area contributed by atoms with Crippen LogP contribution >= 0.6 is 0 Å². The number of alkyl halides is 3. The minimum atomic E-state index is -5.29. The number of hydrogen-bond donors (Lipinski definition) is 1. The molecule has 1 N–H and O–H groups in total. The Morgan fingerprint density at radius 2 is 2.07 bits per heavy atom. The molecule has 1 aromatic rings. The van der Waals surface area contributed by atoms with Crippen molar-refractivity contribution in [3.63, 3.8) is 0 Å². The van der Waals surface area contributed by atoms with Crippen LogP contribution < -0.4 is 4.72 Å². The summed E-state index contributed by atoms with van der Waals surface area (Å²) >= 11 is 0. The lowest BCUT2D eigenvalue weighted by Gasteiger charge is -2.07. The quantitative estimate of drug-likeness (QED) is 0.847. The van der Waals surface area contributed by atoms with Gasteiger partial charge in [0, 0.05) is 0 Å². The van der Waals surface area contributed by atoms with Crippen LogP contribution in [0, 0.1) is 0 Å². The van der Waals surface area contributed by atoms with Crippen molar-refractivity contribution in [2.75, 3.05) is 0 Å². The van der Waals surface area contributed by atoms with Gasteiger partial charge in [0.25, 0.3) is 0 Å². The van der Waals surface area contributed by atoms with E-state index in [9.17, 15) is 21.6 Å². The molecule has 0 amide bonds. The Morgan fingerprint density at radius 3 is 2.50 bits per heavy atom. The maximum Gasteiger partial charge on any atom is 0.511 e. The number of nitrogens with one attached hydrogen (secondary N) is 1. The van der Waals surface area contributed by atoms with Crippen LogP contribution in [0.1, 0.15) is 5.76 Å². The summed E-state index contributed by atoms with van der Waals surface area (Å²) < 4.78 is 62.3. The lowest BCUT2D eigenvalue weighted by Crippen LogP contribution is -2.35. The van der Waals surface area contributed by atoms with E-state index < -0.39 is 22.1 Å². The largest absolute Gasteiger partial charge is 0.511 e. The van der Waals surface area contributed by atoms with Gasteiger partial charge >= 0.3 is 15.5 Å². The minimum Gasteiger partial charge on any atom is -0.468 e. The van der Waals surface area contributed by atoms with Crippen LogP contribution in [0.25, 0.3) is 0 Å². The predicted octanol–water partition coefficient (Wildman–Crippen LogP) is 1.22. The number of hydrogen-bond acceptors (Lipinski definition) is 3. The van der Waals surface area contributed by atoms with Gasteiger partial charge in [-0.2, -0.15) is 17.9 Å². The van der Waals surface area contributed by atoms with E-state index in [0.717, 1.165) is 0 Å². The zero-order chi connectivity index (χ0) is 10.8. The highest BCUT2D eigenvalue weighted by Crippen LogP contribution is 2.21. The molecule has 0 aliphatic rings. The monoisotopic (exact) mass is 229 g/mol. The Morgan fingerprint density at radius 1 is 1.43 bits per heavy atom. The molecule has 8 heteroatoms. The average molecular weight is 229 g/mol. The van der Waals surface area contributed by atoms with E-state index in [-0.39, 0.29) is 5.76 Å². The lowest BCUT2D eigenvalue weighted by molar-refractivity contribution is -0.0448. The van der Waals surface area contributed by atoms with Crippen molar-refractivity contribution in [3.8, 4) is 0 Å². The second-order valence-electron chi connectivity index (χ2n) is 2.35. The summed E-state index contributed by atoms with van der Waals surface area (Å²) in [5, 5.41) is 0. The van der Waals surface area contributed by atoms with Gasteiger partial charge in [0.2, 0.25) is 0 Å². The molecule has 0 aliphatic carbocycles. The highest BCUT2D eigenvalue weighted by atomic mass is 32.2. The molecular formula is C6H6F3NO3S. The van der Waals surface area contributed by atoms with Gasteiger partial charge in [0.05, 0.1) is 12.8 Å². The average Bonchev–Trinajstić information content (AvgIpc) is 2.50. The second kappa shape index (κ2) is 3.62. The fraction of sp³-hybridized carbons (Fsp3) is 0.333. The molecule has 0 unspecified atom stereocenters. The molecule has 14 heavy (non-hydrogen) atoms. The molecule has 0 atom stereocenters. The first-order valence-electron chi connectivity index (χ1n) is 3.41. The molecule has 0 radical (unpaired) electrons. The van der Waals surface area contributed by atoms with Crippen LogP contribution in [0.5, 0.6) is 0 Å². The topological polar surface area (TPSA) is 59.3 Å². The fourth-order valence-electron chi connectivity index (χ4n) is 0.661. The minimum absolute atomic E-state index is 0.109. The molecule has 80 valence electrons. The molecule has 0 aromatic carbocycles. The highest BCUT2D eigenvalue weighted by molar-refractivity contribution is 7.90. The zero-order valence-electron chi connectivity index (χ0n) is 6.71. The van der Waals surface area contributed by atoms with Crippen molar-refractivity contribution in [2.45, 2.75) is 12.1 Å². The molecule has 0 fully saturated rings. The summed E-state index contributed by atoms with van der Waals surface area (Å²) in [6.45, 7) is -0.519. The van der Waals surface area contributed by atoms with E-state index >= 15 is 0 Å². The van der Waals surface area contributed by atoms with E-state index in [1.54, 1.807) is 0 Å². The van der Waals surface area contributed by atoms with Gasteiger partial charge in [0.15, 0.2) is 0 Å². The molecule has 0 spiro atoms. The van der Waals surface area contributed by atoms with Crippen LogP contribution in [-0.2, 0) is 16.6 Å². The first kappa shape index (κ1) is 11.1. The molecule has 0 aliphatic heterocycles. The normalized spacial score (nSPS) is 13.1. The van der Waals surface area contributed by atoms with E-state index in [1.807, 2.05) is 0 Å². The molecule has 0 saturated carbocycles. The van der Waals surface area contributed by atoms with Crippen molar-refractivity contribution < 1.29 is 26.0 Å². The first-order chi connectivity index (χ1) is 6.33. The highest BCUT2D eigenvalue weighted by Gasteiger charge is 2.45. The Hall–Kier alpha value is -1.02. The number of rotatable bonds is 3. The first-order valence-corrected chi connectivity index (χ1v) is 4.89. The number of halogens is 3. The molecule has 1 rings (SSSR count). The van der Waals surface area contributed by atoms with Crippen LogP contribution in [0.2, 0.25) is 0 Å². The molecule has 0 bridgehead atoms. The Balaban J connectivity index is 2.63. The molecule has 1 heterocycles. The fourth-order valence-corrected chi connectivity index (χ4v) is 1.16. The SMILES string of the molecule is O=S(=O)(NCc1ccco1)C(F)(F)F. The summed E-state index contributed by atoms with van der Waals surface area (Å²) in [7, 11) is -5.28. The van der Waals surface area contributed by atoms with Crippen molar-refractivity contribution in [2.24, 2.45) is 0 Å². The van der Waals surface area contributed by atoms with Gasteiger partial charge in [-0.25, -0.2) is 8.42 Å². The summed E-state index contributed by atoms with van der Waals surface area (Å²) in [4.78, 5) is 0. The summed E-state index contributed by atoms with van der Waals surface area (Å²) in [5.74, 6) is 0.109.